The largest absolute Gasteiger partial charge is 0.497 e. The number of hydrogen-bond acceptors (Lipinski definition) is 4. The molecule has 0 bridgehead atoms. The Bertz CT molecular complexity index is 593. The predicted octanol–water partition coefficient (Wildman–Crippen LogP) is 3.63. The van der Waals surface area contributed by atoms with Crippen molar-refractivity contribution in [2.45, 2.75) is 0 Å². The van der Waals surface area contributed by atoms with E-state index in [1.54, 1.807) is 25.3 Å². The lowest BCUT2D eigenvalue weighted by Gasteiger charge is -2.12. The molecule has 0 aliphatic carbocycles. The second-order valence-electron chi connectivity index (χ2n) is 3.68. The molecule has 1 aromatic heterocycles. The number of rotatable bonds is 4. The third-order valence-electron chi connectivity index (χ3n) is 2.47. The van der Waals surface area contributed by atoms with Crippen LogP contribution in [0.15, 0.2) is 30.5 Å². The number of nitrogens with one attached hydrogen (secondary N) is 1. The molecule has 1 aromatic carbocycles. The van der Waals surface area contributed by atoms with E-state index in [0.29, 0.717) is 17.2 Å². The summed E-state index contributed by atoms with van der Waals surface area (Å²) < 4.78 is 24.0. The molecule has 0 aliphatic heterocycles. The molecule has 2 aromatic rings. The molecule has 0 aliphatic rings. The number of halogens is 2. The van der Waals surface area contributed by atoms with Gasteiger partial charge in [0.2, 0.25) is 0 Å². The quantitative estimate of drug-likeness (QED) is 0.930. The molecule has 0 spiro atoms. The number of hydrogen-bond donors (Lipinski definition) is 1. The topological polar surface area (TPSA) is 43.4 Å². The Morgan fingerprint density at radius 2 is 2.00 bits per heavy atom. The Balaban J connectivity index is 2.36. The molecule has 0 saturated heterocycles. The van der Waals surface area contributed by atoms with Crippen LogP contribution in [0.3, 0.4) is 0 Å². The fraction of sp³-hybridized carbons (Fsp3) is 0.154. The van der Waals surface area contributed by atoms with Gasteiger partial charge in [-0.3, -0.25) is 0 Å². The Kier molecular flexibility index (Phi) is 4.06. The van der Waals surface area contributed by atoms with Crippen molar-refractivity contribution in [2.24, 2.45) is 0 Å². The highest BCUT2D eigenvalue weighted by atomic mass is 35.5. The highest BCUT2D eigenvalue weighted by Crippen LogP contribution is 2.31. The van der Waals surface area contributed by atoms with E-state index in [1.807, 2.05) is 0 Å². The molecular weight excluding hydrogens is 271 g/mol. The van der Waals surface area contributed by atoms with Crippen LogP contribution in [0, 0.1) is 5.82 Å². The van der Waals surface area contributed by atoms with E-state index in [0.717, 1.165) is 0 Å². The molecule has 1 N–H and O–H groups in total. The zero-order chi connectivity index (χ0) is 13.8. The van der Waals surface area contributed by atoms with Gasteiger partial charge in [-0.1, -0.05) is 11.6 Å². The van der Waals surface area contributed by atoms with Crippen molar-refractivity contribution in [1.29, 1.82) is 0 Å². The molecule has 0 unspecified atom stereocenters. The van der Waals surface area contributed by atoms with Crippen LogP contribution in [-0.2, 0) is 0 Å². The smallest absolute Gasteiger partial charge is 0.167 e. The summed E-state index contributed by atoms with van der Waals surface area (Å²) in [5.74, 6) is 0.697. The summed E-state index contributed by atoms with van der Waals surface area (Å²) in [6, 6.07) is 6.34. The van der Waals surface area contributed by atoms with Gasteiger partial charge >= 0.3 is 0 Å². The molecule has 0 fully saturated rings. The molecule has 4 nitrogen and oxygen atoms in total. The maximum atomic E-state index is 13.7. The summed E-state index contributed by atoms with van der Waals surface area (Å²) in [4.78, 5) is 3.89. The van der Waals surface area contributed by atoms with Gasteiger partial charge in [0, 0.05) is 12.3 Å². The van der Waals surface area contributed by atoms with Crippen LogP contribution in [0.5, 0.6) is 11.5 Å². The molecule has 1 heterocycles. The van der Waals surface area contributed by atoms with Gasteiger partial charge in [0.25, 0.3) is 0 Å². The standard InChI is InChI=1S/C13H12ClFN2O2/c1-18-9-3-4-12(19-2)11(6-9)17-13-10(15)5-8(14)7-16-13/h3-7H,1-2H3,(H,16,17). The van der Waals surface area contributed by atoms with Gasteiger partial charge in [-0.05, 0) is 18.2 Å². The highest BCUT2D eigenvalue weighted by Gasteiger charge is 2.09. The van der Waals surface area contributed by atoms with Crippen molar-refractivity contribution in [3.8, 4) is 11.5 Å². The van der Waals surface area contributed by atoms with Crippen molar-refractivity contribution in [3.05, 3.63) is 41.3 Å². The fourth-order valence-corrected chi connectivity index (χ4v) is 1.69. The van der Waals surface area contributed by atoms with Gasteiger partial charge in [-0.15, -0.1) is 0 Å². The van der Waals surface area contributed by atoms with Crippen LogP contribution < -0.4 is 14.8 Å². The molecule has 2 rings (SSSR count). The zero-order valence-corrected chi connectivity index (χ0v) is 11.2. The van der Waals surface area contributed by atoms with Crippen LogP contribution in [0.25, 0.3) is 0 Å². The number of anilines is 2. The monoisotopic (exact) mass is 282 g/mol. The number of aromatic nitrogens is 1. The van der Waals surface area contributed by atoms with Gasteiger partial charge in [-0.2, -0.15) is 0 Å². The summed E-state index contributed by atoms with van der Waals surface area (Å²) in [5, 5.41) is 3.08. The summed E-state index contributed by atoms with van der Waals surface area (Å²) in [7, 11) is 3.07. The molecule has 100 valence electrons. The summed E-state index contributed by atoms with van der Waals surface area (Å²) in [5.41, 5.74) is 0.551. The van der Waals surface area contributed by atoms with Crippen LogP contribution in [0.4, 0.5) is 15.9 Å². The number of ether oxygens (including phenoxy) is 2. The van der Waals surface area contributed by atoms with Gasteiger partial charge in [0.05, 0.1) is 24.9 Å². The van der Waals surface area contributed by atoms with Crippen LogP contribution in [-0.4, -0.2) is 19.2 Å². The van der Waals surface area contributed by atoms with Crippen molar-refractivity contribution >= 4 is 23.1 Å². The average molecular weight is 283 g/mol. The molecule has 6 heteroatoms. The van der Waals surface area contributed by atoms with E-state index in [9.17, 15) is 4.39 Å². The molecule has 0 amide bonds. The first-order chi connectivity index (χ1) is 9.13. The SMILES string of the molecule is COc1ccc(OC)c(Nc2ncc(Cl)cc2F)c1. The van der Waals surface area contributed by atoms with Gasteiger partial charge in [-0.25, -0.2) is 9.37 Å². The molecule has 0 saturated carbocycles. The second kappa shape index (κ2) is 5.75. The van der Waals surface area contributed by atoms with Gasteiger partial charge in [0.15, 0.2) is 11.6 Å². The van der Waals surface area contributed by atoms with E-state index in [1.165, 1.54) is 19.4 Å². The Hall–Kier alpha value is -2.01. The van der Waals surface area contributed by atoms with E-state index < -0.39 is 5.82 Å². The molecule has 19 heavy (non-hydrogen) atoms. The van der Waals surface area contributed by atoms with Gasteiger partial charge in [0.1, 0.15) is 11.5 Å². The number of pyridine rings is 1. The lowest BCUT2D eigenvalue weighted by Crippen LogP contribution is -1.99. The van der Waals surface area contributed by atoms with Crippen molar-refractivity contribution in [1.82, 2.24) is 4.98 Å². The van der Waals surface area contributed by atoms with Gasteiger partial charge < -0.3 is 14.8 Å². The maximum absolute atomic E-state index is 13.7. The van der Waals surface area contributed by atoms with Crippen molar-refractivity contribution < 1.29 is 13.9 Å². The van der Waals surface area contributed by atoms with E-state index in [-0.39, 0.29) is 10.8 Å². The second-order valence-corrected chi connectivity index (χ2v) is 4.11. The van der Waals surface area contributed by atoms with Crippen molar-refractivity contribution in [3.63, 3.8) is 0 Å². The molecular formula is C13H12ClFN2O2. The third kappa shape index (κ3) is 3.06. The summed E-state index contributed by atoms with van der Waals surface area (Å²) >= 11 is 5.65. The normalized spacial score (nSPS) is 10.1. The minimum Gasteiger partial charge on any atom is -0.497 e. The maximum Gasteiger partial charge on any atom is 0.167 e. The lowest BCUT2D eigenvalue weighted by atomic mass is 10.2. The Morgan fingerprint density at radius 1 is 1.21 bits per heavy atom. The Morgan fingerprint density at radius 3 is 2.63 bits per heavy atom. The first-order valence-electron chi connectivity index (χ1n) is 5.44. The first kappa shape index (κ1) is 13.4. The molecule has 0 atom stereocenters. The van der Waals surface area contributed by atoms with Crippen LogP contribution in [0.1, 0.15) is 0 Å². The van der Waals surface area contributed by atoms with Crippen LogP contribution >= 0.6 is 11.6 Å². The average Bonchev–Trinajstić information content (AvgIpc) is 2.41. The minimum absolute atomic E-state index is 0.0657. The van der Waals surface area contributed by atoms with E-state index >= 15 is 0 Å². The zero-order valence-electron chi connectivity index (χ0n) is 10.4. The van der Waals surface area contributed by atoms with Crippen LogP contribution in [0.2, 0.25) is 5.02 Å². The van der Waals surface area contributed by atoms with Crippen molar-refractivity contribution in [2.75, 3.05) is 19.5 Å². The number of nitrogens with zero attached hydrogens (tertiary/aromatic N) is 1. The third-order valence-corrected chi connectivity index (χ3v) is 2.67. The highest BCUT2D eigenvalue weighted by molar-refractivity contribution is 6.30. The number of benzene rings is 1. The summed E-state index contributed by atoms with van der Waals surface area (Å²) in [6.45, 7) is 0. The van der Waals surface area contributed by atoms with E-state index in [4.69, 9.17) is 21.1 Å². The minimum atomic E-state index is -0.544. The summed E-state index contributed by atoms with van der Waals surface area (Å²) in [6.07, 6.45) is 1.36. The predicted molar refractivity (Wildman–Crippen MR) is 72.0 cm³/mol. The molecule has 0 radical (unpaired) electrons. The first-order valence-corrected chi connectivity index (χ1v) is 5.82. The fourth-order valence-electron chi connectivity index (χ4n) is 1.55. The Labute approximate surface area is 115 Å². The number of methoxy groups -OCH3 is 2. The van der Waals surface area contributed by atoms with E-state index in [2.05, 4.69) is 10.3 Å². The lowest BCUT2D eigenvalue weighted by molar-refractivity contribution is 0.404.